The molecule has 1 saturated carbocycles. The van der Waals surface area contributed by atoms with E-state index < -0.39 is 17.0 Å². The molecule has 7 nitrogen and oxygen atoms in total. The Morgan fingerprint density at radius 1 is 1.06 bits per heavy atom. The predicted octanol–water partition coefficient (Wildman–Crippen LogP) is 6.38. The number of nitrogens with zero attached hydrogens (tertiary/aromatic N) is 3. The van der Waals surface area contributed by atoms with Gasteiger partial charge in [0.1, 0.15) is 0 Å². The van der Waals surface area contributed by atoms with Gasteiger partial charge in [0.2, 0.25) is 5.89 Å². The van der Waals surface area contributed by atoms with Gasteiger partial charge >= 0.3 is 5.97 Å². The van der Waals surface area contributed by atoms with Crippen LogP contribution in [0.3, 0.4) is 0 Å². The van der Waals surface area contributed by atoms with Crippen molar-refractivity contribution in [3.63, 3.8) is 0 Å². The lowest BCUT2D eigenvalue weighted by molar-refractivity contribution is -0.147. The highest BCUT2D eigenvalue weighted by atomic mass is 32.1. The number of aliphatic hydroxyl groups is 1. The van der Waals surface area contributed by atoms with E-state index >= 15 is 0 Å². The van der Waals surface area contributed by atoms with Gasteiger partial charge < -0.3 is 14.6 Å². The average molecular weight is 512 g/mol. The fourth-order valence-electron chi connectivity index (χ4n) is 4.19. The third kappa shape index (κ3) is 5.70. The van der Waals surface area contributed by atoms with Gasteiger partial charge in [0, 0.05) is 6.42 Å². The Kier molecular flexibility index (Phi) is 6.90. The number of rotatable bonds is 8. The maximum atomic E-state index is 11.5. The van der Waals surface area contributed by atoms with E-state index in [0.29, 0.717) is 16.8 Å². The summed E-state index contributed by atoms with van der Waals surface area (Å²) in [5.41, 5.74) is 1.99. The maximum Gasteiger partial charge on any atom is 0.309 e. The van der Waals surface area contributed by atoms with Crippen molar-refractivity contribution < 1.29 is 19.4 Å². The number of benzene rings is 1. The summed E-state index contributed by atoms with van der Waals surface area (Å²) in [4.78, 5) is 17.5. The zero-order valence-electron chi connectivity index (χ0n) is 22.3. The molecule has 2 heterocycles. The van der Waals surface area contributed by atoms with Crippen LogP contribution in [0.4, 0.5) is 0 Å². The zero-order valence-corrected chi connectivity index (χ0v) is 23.1. The lowest BCUT2D eigenvalue weighted by atomic mass is 9.80. The molecule has 0 spiro atoms. The van der Waals surface area contributed by atoms with Gasteiger partial charge in [0.05, 0.1) is 21.6 Å². The van der Waals surface area contributed by atoms with Crippen molar-refractivity contribution in [3.8, 4) is 21.3 Å². The first-order valence-corrected chi connectivity index (χ1v) is 13.4. The Balaban J connectivity index is 1.78. The molecule has 4 rings (SSSR count). The van der Waals surface area contributed by atoms with E-state index in [1.165, 1.54) is 30.6 Å². The fraction of sp³-hybridized carbons (Fsp3) is 0.571. The third-order valence-corrected chi connectivity index (χ3v) is 8.13. The first-order valence-electron chi connectivity index (χ1n) is 12.6. The minimum atomic E-state index is -1.01. The molecule has 0 bridgehead atoms. The van der Waals surface area contributed by atoms with Crippen LogP contribution < -0.4 is 0 Å². The quantitative estimate of drug-likeness (QED) is 0.361. The van der Waals surface area contributed by atoms with E-state index in [2.05, 4.69) is 49.2 Å². The first-order chi connectivity index (χ1) is 16.6. The van der Waals surface area contributed by atoms with Gasteiger partial charge in [-0.1, -0.05) is 46.1 Å². The Labute approximate surface area is 217 Å². The number of hydrogen-bond donors (Lipinski definition) is 2. The molecule has 3 aromatic rings. The van der Waals surface area contributed by atoms with Crippen LogP contribution >= 0.6 is 11.3 Å². The lowest BCUT2D eigenvalue weighted by Gasteiger charge is -2.26. The van der Waals surface area contributed by atoms with E-state index in [1.54, 1.807) is 13.8 Å². The van der Waals surface area contributed by atoms with Gasteiger partial charge in [-0.05, 0) is 74.3 Å². The molecule has 1 aromatic carbocycles. The summed E-state index contributed by atoms with van der Waals surface area (Å²) in [6.07, 6.45) is 4.70. The Morgan fingerprint density at radius 2 is 1.72 bits per heavy atom. The predicted molar refractivity (Wildman–Crippen MR) is 141 cm³/mol. The normalized spacial score (nSPS) is 15.2. The van der Waals surface area contributed by atoms with Crippen LogP contribution in [-0.4, -0.2) is 31.4 Å². The van der Waals surface area contributed by atoms with Crippen molar-refractivity contribution in [2.24, 2.45) is 11.3 Å². The van der Waals surface area contributed by atoms with E-state index in [-0.39, 0.29) is 17.7 Å². The molecule has 0 atom stereocenters. The standard InChI is InChI=1S/C28H37N3O4S/c1-26(2,3)18-12-17(13-19(14-18)28(6,7)34)22-20(11-16-9-8-10-16)29-24(36-22)23-31-30-21(35-23)15-27(4,5)25(32)33/h12-14,16,34H,8-11,15H2,1-7H3,(H,32,33). The van der Waals surface area contributed by atoms with E-state index in [4.69, 9.17) is 9.40 Å². The van der Waals surface area contributed by atoms with E-state index in [9.17, 15) is 15.0 Å². The highest BCUT2D eigenvalue weighted by molar-refractivity contribution is 7.18. The molecule has 0 aliphatic heterocycles. The van der Waals surface area contributed by atoms with E-state index in [1.807, 2.05) is 13.8 Å². The number of aliphatic carboxylic acids is 1. The van der Waals surface area contributed by atoms with Crippen molar-refractivity contribution >= 4 is 17.3 Å². The van der Waals surface area contributed by atoms with Crippen molar-refractivity contribution in [3.05, 3.63) is 40.9 Å². The Bertz CT molecular complexity index is 1220. The highest BCUT2D eigenvalue weighted by Crippen LogP contribution is 2.42. The van der Waals surface area contributed by atoms with Gasteiger partial charge in [-0.15, -0.1) is 21.5 Å². The fourth-order valence-corrected chi connectivity index (χ4v) is 5.19. The van der Waals surface area contributed by atoms with Crippen molar-refractivity contribution in [1.82, 2.24) is 15.2 Å². The molecule has 2 aromatic heterocycles. The summed E-state index contributed by atoms with van der Waals surface area (Å²) in [5.74, 6) is 0.302. The molecule has 36 heavy (non-hydrogen) atoms. The monoisotopic (exact) mass is 511 g/mol. The zero-order chi connectivity index (χ0) is 26.5. The SMILES string of the molecule is CC(C)(Cc1nnc(-c2nc(CC3CCC3)c(-c3cc(C(C)(C)C)cc(C(C)(C)O)c3)s2)o1)C(=O)O. The molecule has 1 aliphatic rings. The molecule has 1 aliphatic carbocycles. The molecule has 0 amide bonds. The summed E-state index contributed by atoms with van der Waals surface area (Å²) in [5, 5.41) is 29.2. The lowest BCUT2D eigenvalue weighted by Crippen LogP contribution is -2.26. The number of carboxylic acids is 1. The van der Waals surface area contributed by atoms with Gasteiger partial charge in [0.25, 0.3) is 5.89 Å². The number of aromatic nitrogens is 3. The highest BCUT2D eigenvalue weighted by Gasteiger charge is 2.31. The topological polar surface area (TPSA) is 109 Å². The number of carboxylic acid groups (broad SMARTS) is 1. The summed E-state index contributed by atoms with van der Waals surface area (Å²) >= 11 is 1.51. The minimum absolute atomic E-state index is 0.0873. The average Bonchev–Trinajstić information content (AvgIpc) is 3.35. The van der Waals surface area contributed by atoms with Gasteiger partial charge in [-0.25, -0.2) is 4.98 Å². The van der Waals surface area contributed by atoms with Crippen LogP contribution in [0.1, 0.15) is 90.4 Å². The van der Waals surface area contributed by atoms with Crippen molar-refractivity contribution in [2.75, 3.05) is 0 Å². The summed E-state index contributed by atoms with van der Waals surface area (Å²) in [6, 6.07) is 6.35. The second-order valence-electron chi connectivity index (χ2n) is 12.3. The van der Waals surface area contributed by atoms with Gasteiger partial charge in [-0.3, -0.25) is 4.79 Å². The number of thiazole rings is 1. The molecule has 1 fully saturated rings. The molecule has 0 radical (unpaired) electrons. The largest absolute Gasteiger partial charge is 0.481 e. The molecule has 0 unspecified atom stereocenters. The van der Waals surface area contributed by atoms with Crippen LogP contribution in [0.2, 0.25) is 0 Å². The molecule has 8 heteroatoms. The van der Waals surface area contributed by atoms with Gasteiger partial charge in [0.15, 0.2) is 5.01 Å². The Hall–Kier alpha value is -2.58. The van der Waals surface area contributed by atoms with E-state index in [0.717, 1.165) is 33.7 Å². The van der Waals surface area contributed by atoms with Crippen molar-refractivity contribution in [2.45, 2.75) is 91.6 Å². The maximum absolute atomic E-state index is 11.5. The second kappa shape index (κ2) is 9.38. The van der Waals surface area contributed by atoms with Crippen LogP contribution in [0.15, 0.2) is 22.6 Å². The van der Waals surface area contributed by atoms with Crippen LogP contribution in [-0.2, 0) is 28.7 Å². The Morgan fingerprint density at radius 3 is 2.28 bits per heavy atom. The number of carbonyl (C=O) groups is 1. The number of hydrogen-bond acceptors (Lipinski definition) is 7. The van der Waals surface area contributed by atoms with Crippen LogP contribution in [0, 0.1) is 11.3 Å². The minimum Gasteiger partial charge on any atom is -0.481 e. The summed E-state index contributed by atoms with van der Waals surface area (Å²) in [6.45, 7) is 13.4. The molecule has 0 saturated heterocycles. The molecule has 2 N–H and O–H groups in total. The van der Waals surface area contributed by atoms with Crippen LogP contribution in [0.5, 0.6) is 0 Å². The summed E-state index contributed by atoms with van der Waals surface area (Å²) in [7, 11) is 0. The summed E-state index contributed by atoms with van der Waals surface area (Å²) < 4.78 is 5.88. The second-order valence-corrected chi connectivity index (χ2v) is 13.3. The molecule has 194 valence electrons. The smallest absolute Gasteiger partial charge is 0.309 e. The van der Waals surface area contributed by atoms with Crippen LogP contribution in [0.25, 0.3) is 21.3 Å². The molecular formula is C28H37N3O4S. The van der Waals surface area contributed by atoms with Gasteiger partial charge in [-0.2, -0.15) is 0 Å². The van der Waals surface area contributed by atoms with Crippen molar-refractivity contribution in [1.29, 1.82) is 0 Å². The molecular weight excluding hydrogens is 474 g/mol. The third-order valence-electron chi connectivity index (χ3n) is 6.99. The first kappa shape index (κ1) is 26.5.